The van der Waals surface area contributed by atoms with E-state index in [1.807, 2.05) is 12.1 Å². The number of nitrogens with two attached hydrogens (primary N) is 1. The molecule has 0 saturated heterocycles. The molecule has 2 N–H and O–H groups in total. The molecule has 0 saturated carbocycles. The fraction of sp³-hybridized carbons (Fsp3) is 0.571. The Bertz CT molecular complexity index is 328. The van der Waals surface area contributed by atoms with Gasteiger partial charge < -0.3 is 10.5 Å². The smallest absolute Gasteiger partial charge is 0.119 e. The lowest BCUT2D eigenvalue weighted by Crippen LogP contribution is -2.28. The Morgan fingerprint density at radius 3 is 2.56 bits per heavy atom. The van der Waals surface area contributed by atoms with Crippen molar-refractivity contribution < 1.29 is 4.74 Å². The minimum atomic E-state index is 0.215. The maximum absolute atomic E-state index is 6.14. The predicted molar refractivity (Wildman–Crippen MR) is 68.7 cm³/mol. The third-order valence-electron chi connectivity index (χ3n) is 2.51. The van der Waals surface area contributed by atoms with E-state index in [1.165, 1.54) is 5.56 Å². The molecule has 1 rings (SSSR count). The van der Waals surface area contributed by atoms with Crippen LogP contribution in [-0.4, -0.2) is 13.2 Å². The molecule has 2 nitrogen and oxygen atoms in total. The SMILES string of the molecule is COc1cccc(CC(N)CC(C)(C)C)c1. The summed E-state index contributed by atoms with van der Waals surface area (Å²) in [5, 5.41) is 0. The maximum atomic E-state index is 6.14. The summed E-state index contributed by atoms with van der Waals surface area (Å²) in [7, 11) is 1.69. The molecule has 0 fully saturated rings. The van der Waals surface area contributed by atoms with Crippen LogP contribution in [-0.2, 0) is 6.42 Å². The Labute approximate surface area is 98.8 Å². The summed E-state index contributed by atoms with van der Waals surface area (Å²) < 4.78 is 5.20. The minimum Gasteiger partial charge on any atom is -0.497 e. The second kappa shape index (κ2) is 5.35. The van der Waals surface area contributed by atoms with E-state index < -0.39 is 0 Å². The third kappa shape index (κ3) is 4.67. The number of ether oxygens (including phenoxy) is 1. The zero-order valence-electron chi connectivity index (χ0n) is 10.8. The largest absolute Gasteiger partial charge is 0.497 e. The molecule has 2 heteroatoms. The Hall–Kier alpha value is -1.02. The Morgan fingerprint density at radius 2 is 2.00 bits per heavy atom. The average molecular weight is 221 g/mol. The molecular weight excluding hydrogens is 198 g/mol. The van der Waals surface area contributed by atoms with Crippen molar-refractivity contribution in [2.24, 2.45) is 11.1 Å². The molecule has 0 radical (unpaired) electrons. The first kappa shape index (κ1) is 13.0. The van der Waals surface area contributed by atoms with Crippen LogP contribution in [0.15, 0.2) is 24.3 Å². The highest BCUT2D eigenvalue weighted by atomic mass is 16.5. The van der Waals surface area contributed by atoms with Crippen LogP contribution >= 0.6 is 0 Å². The molecule has 1 aromatic carbocycles. The molecule has 0 amide bonds. The molecule has 1 unspecified atom stereocenters. The number of hydrogen-bond acceptors (Lipinski definition) is 2. The van der Waals surface area contributed by atoms with E-state index in [0.29, 0.717) is 0 Å². The van der Waals surface area contributed by atoms with Gasteiger partial charge >= 0.3 is 0 Å². The molecule has 1 aromatic rings. The second-order valence-corrected chi connectivity index (χ2v) is 5.58. The summed E-state index contributed by atoms with van der Waals surface area (Å²) in [5.41, 5.74) is 7.68. The molecule has 1 atom stereocenters. The van der Waals surface area contributed by atoms with Crippen LogP contribution in [0.1, 0.15) is 32.8 Å². The number of hydrogen-bond donors (Lipinski definition) is 1. The van der Waals surface area contributed by atoms with Crippen LogP contribution in [0.4, 0.5) is 0 Å². The minimum absolute atomic E-state index is 0.215. The van der Waals surface area contributed by atoms with Crippen LogP contribution < -0.4 is 10.5 Å². The molecule has 16 heavy (non-hydrogen) atoms. The highest BCUT2D eigenvalue weighted by Gasteiger charge is 2.15. The van der Waals surface area contributed by atoms with Crippen LogP contribution in [0.5, 0.6) is 5.75 Å². The number of rotatable bonds is 4. The van der Waals surface area contributed by atoms with Crippen molar-refractivity contribution in [1.82, 2.24) is 0 Å². The molecular formula is C14H23NO. The lowest BCUT2D eigenvalue weighted by Gasteiger charge is -2.23. The van der Waals surface area contributed by atoms with Crippen molar-refractivity contribution in [3.63, 3.8) is 0 Å². The summed E-state index contributed by atoms with van der Waals surface area (Å²) in [5.74, 6) is 0.903. The Kier molecular flexibility index (Phi) is 4.36. The number of methoxy groups -OCH3 is 1. The van der Waals surface area contributed by atoms with E-state index in [-0.39, 0.29) is 11.5 Å². The van der Waals surface area contributed by atoms with E-state index in [4.69, 9.17) is 10.5 Å². The first-order valence-corrected chi connectivity index (χ1v) is 5.79. The zero-order valence-corrected chi connectivity index (χ0v) is 10.8. The van der Waals surface area contributed by atoms with Gasteiger partial charge in [-0.2, -0.15) is 0 Å². The molecule has 0 aliphatic rings. The summed E-state index contributed by atoms with van der Waals surface area (Å²) in [6.45, 7) is 6.66. The van der Waals surface area contributed by atoms with Gasteiger partial charge in [0.1, 0.15) is 5.75 Å². The maximum Gasteiger partial charge on any atom is 0.119 e. The van der Waals surface area contributed by atoms with Crippen molar-refractivity contribution >= 4 is 0 Å². The summed E-state index contributed by atoms with van der Waals surface area (Å²) in [6, 6.07) is 8.34. The van der Waals surface area contributed by atoms with Gasteiger partial charge in [0.25, 0.3) is 0 Å². The van der Waals surface area contributed by atoms with E-state index in [0.717, 1.165) is 18.6 Å². The highest BCUT2D eigenvalue weighted by molar-refractivity contribution is 5.28. The molecule has 0 heterocycles. The van der Waals surface area contributed by atoms with Gasteiger partial charge in [-0.3, -0.25) is 0 Å². The molecule has 0 bridgehead atoms. The van der Waals surface area contributed by atoms with Crippen molar-refractivity contribution in [2.45, 2.75) is 39.7 Å². The molecule has 0 aromatic heterocycles. The first-order valence-electron chi connectivity index (χ1n) is 5.79. The van der Waals surface area contributed by atoms with Gasteiger partial charge in [-0.25, -0.2) is 0 Å². The van der Waals surface area contributed by atoms with E-state index in [9.17, 15) is 0 Å². The van der Waals surface area contributed by atoms with Crippen LogP contribution in [0.25, 0.3) is 0 Å². The molecule has 90 valence electrons. The average Bonchev–Trinajstić information content (AvgIpc) is 2.15. The fourth-order valence-electron chi connectivity index (χ4n) is 1.96. The topological polar surface area (TPSA) is 35.2 Å². The van der Waals surface area contributed by atoms with Crippen LogP contribution in [0.2, 0.25) is 0 Å². The molecule has 0 spiro atoms. The fourth-order valence-corrected chi connectivity index (χ4v) is 1.96. The zero-order chi connectivity index (χ0) is 12.2. The van der Waals surface area contributed by atoms with Gasteiger partial charge in [0.15, 0.2) is 0 Å². The quantitative estimate of drug-likeness (QED) is 0.848. The number of benzene rings is 1. The van der Waals surface area contributed by atoms with Gasteiger partial charge in [0, 0.05) is 6.04 Å². The summed E-state index contributed by atoms with van der Waals surface area (Å²) >= 11 is 0. The lowest BCUT2D eigenvalue weighted by molar-refractivity contribution is 0.338. The lowest BCUT2D eigenvalue weighted by atomic mass is 9.86. The standard InChI is InChI=1S/C14H23NO/c1-14(2,3)10-12(15)8-11-6-5-7-13(9-11)16-4/h5-7,9,12H,8,10,15H2,1-4H3. The predicted octanol–water partition coefficient (Wildman–Crippen LogP) is 3.00. The highest BCUT2D eigenvalue weighted by Crippen LogP contribution is 2.22. The van der Waals surface area contributed by atoms with Crippen molar-refractivity contribution in [3.8, 4) is 5.75 Å². The molecule has 0 aliphatic heterocycles. The van der Waals surface area contributed by atoms with E-state index in [2.05, 4.69) is 32.9 Å². The first-order chi connectivity index (χ1) is 7.40. The van der Waals surface area contributed by atoms with Gasteiger partial charge in [-0.05, 0) is 36.0 Å². The van der Waals surface area contributed by atoms with Gasteiger partial charge in [-0.15, -0.1) is 0 Å². The molecule has 0 aliphatic carbocycles. The Morgan fingerprint density at radius 1 is 1.31 bits per heavy atom. The van der Waals surface area contributed by atoms with Gasteiger partial charge in [0.05, 0.1) is 7.11 Å². The van der Waals surface area contributed by atoms with Crippen LogP contribution in [0, 0.1) is 5.41 Å². The van der Waals surface area contributed by atoms with Crippen molar-refractivity contribution in [3.05, 3.63) is 29.8 Å². The second-order valence-electron chi connectivity index (χ2n) is 5.58. The van der Waals surface area contributed by atoms with Crippen molar-refractivity contribution in [1.29, 1.82) is 0 Å². The normalized spacial score (nSPS) is 13.6. The van der Waals surface area contributed by atoms with Crippen LogP contribution in [0.3, 0.4) is 0 Å². The van der Waals surface area contributed by atoms with E-state index in [1.54, 1.807) is 7.11 Å². The summed E-state index contributed by atoms with van der Waals surface area (Å²) in [6.07, 6.45) is 1.94. The summed E-state index contributed by atoms with van der Waals surface area (Å²) in [4.78, 5) is 0. The Balaban J connectivity index is 2.59. The third-order valence-corrected chi connectivity index (χ3v) is 2.51. The van der Waals surface area contributed by atoms with Gasteiger partial charge in [0.2, 0.25) is 0 Å². The van der Waals surface area contributed by atoms with Crippen molar-refractivity contribution in [2.75, 3.05) is 7.11 Å². The van der Waals surface area contributed by atoms with Gasteiger partial charge in [-0.1, -0.05) is 32.9 Å². The monoisotopic (exact) mass is 221 g/mol. The van der Waals surface area contributed by atoms with E-state index >= 15 is 0 Å².